The maximum absolute atomic E-state index is 12.6. The molecule has 1 N–H and O–H groups in total. The van der Waals surface area contributed by atoms with Crippen LogP contribution in [-0.4, -0.2) is 10.9 Å². The summed E-state index contributed by atoms with van der Waals surface area (Å²) in [5.74, 6) is 1.12. The number of carbonyl (C=O) groups is 1. The zero-order valence-electron chi connectivity index (χ0n) is 13.9. The zero-order chi connectivity index (χ0) is 17.1. The van der Waals surface area contributed by atoms with Gasteiger partial charge in [-0.3, -0.25) is 9.78 Å². The number of para-hydroxylation sites is 1. The van der Waals surface area contributed by atoms with Crippen molar-refractivity contribution in [3.05, 3.63) is 78.3 Å². The summed E-state index contributed by atoms with van der Waals surface area (Å²) < 4.78 is 6.01. The fourth-order valence-electron chi connectivity index (χ4n) is 3.34. The van der Waals surface area contributed by atoms with Crippen LogP contribution in [0.4, 0.5) is 0 Å². The van der Waals surface area contributed by atoms with Crippen LogP contribution in [0.1, 0.15) is 36.6 Å². The summed E-state index contributed by atoms with van der Waals surface area (Å²) in [7, 11) is 0. The van der Waals surface area contributed by atoms with Crippen LogP contribution >= 0.6 is 0 Å². The van der Waals surface area contributed by atoms with E-state index in [4.69, 9.17) is 4.42 Å². The van der Waals surface area contributed by atoms with Gasteiger partial charge in [-0.1, -0.05) is 30.4 Å². The fourth-order valence-corrected chi connectivity index (χ4v) is 3.34. The smallest absolute Gasteiger partial charge is 0.221 e. The molecule has 4 rings (SSSR count). The first-order valence-electron chi connectivity index (χ1n) is 8.64. The minimum atomic E-state index is -0.312. The van der Waals surface area contributed by atoms with Crippen molar-refractivity contribution in [2.75, 3.05) is 0 Å². The van der Waals surface area contributed by atoms with Gasteiger partial charge in [0.2, 0.25) is 5.91 Å². The van der Waals surface area contributed by atoms with Crippen molar-refractivity contribution in [3.8, 4) is 0 Å². The molecule has 1 amide bonds. The first-order valence-corrected chi connectivity index (χ1v) is 8.64. The maximum Gasteiger partial charge on any atom is 0.221 e. The molecule has 1 aliphatic rings. The van der Waals surface area contributed by atoms with E-state index in [2.05, 4.69) is 22.5 Å². The van der Waals surface area contributed by atoms with E-state index in [0.29, 0.717) is 12.3 Å². The van der Waals surface area contributed by atoms with Crippen molar-refractivity contribution < 1.29 is 9.21 Å². The van der Waals surface area contributed by atoms with Gasteiger partial charge >= 0.3 is 0 Å². The van der Waals surface area contributed by atoms with Crippen molar-refractivity contribution >= 4 is 16.9 Å². The number of carbonyl (C=O) groups excluding carboxylic acids is 1. The number of benzene rings is 1. The van der Waals surface area contributed by atoms with Gasteiger partial charge in [0.05, 0.1) is 0 Å². The monoisotopic (exact) mass is 332 g/mol. The molecule has 0 saturated carbocycles. The van der Waals surface area contributed by atoms with Crippen LogP contribution in [0, 0.1) is 5.92 Å². The topological polar surface area (TPSA) is 55.1 Å². The van der Waals surface area contributed by atoms with Crippen LogP contribution in [0.15, 0.2) is 71.4 Å². The lowest BCUT2D eigenvalue weighted by molar-refractivity contribution is -0.122. The van der Waals surface area contributed by atoms with Gasteiger partial charge in [-0.2, -0.15) is 0 Å². The van der Waals surface area contributed by atoms with Crippen molar-refractivity contribution in [2.24, 2.45) is 5.92 Å². The molecule has 0 fully saturated rings. The lowest BCUT2D eigenvalue weighted by atomic mass is 10.0. The Morgan fingerprint density at radius 2 is 2.08 bits per heavy atom. The number of hydrogen-bond donors (Lipinski definition) is 1. The highest BCUT2D eigenvalue weighted by Gasteiger charge is 2.22. The first kappa shape index (κ1) is 15.6. The number of allylic oxidation sites excluding steroid dienone is 2. The second-order valence-electron chi connectivity index (χ2n) is 6.44. The summed E-state index contributed by atoms with van der Waals surface area (Å²) in [5, 5.41) is 4.18. The van der Waals surface area contributed by atoms with Crippen LogP contribution in [0.5, 0.6) is 0 Å². The summed E-state index contributed by atoms with van der Waals surface area (Å²) >= 11 is 0. The number of nitrogens with one attached hydrogen (secondary N) is 1. The number of pyridine rings is 1. The molecule has 3 aromatic rings. The molecule has 0 aliphatic heterocycles. The summed E-state index contributed by atoms with van der Waals surface area (Å²) in [6.07, 6.45) is 10.4. The van der Waals surface area contributed by atoms with E-state index in [9.17, 15) is 4.79 Å². The third kappa shape index (κ3) is 3.48. The number of hydrogen-bond acceptors (Lipinski definition) is 3. The van der Waals surface area contributed by atoms with Gasteiger partial charge in [0, 0.05) is 24.2 Å². The molecule has 2 atom stereocenters. The summed E-state index contributed by atoms with van der Waals surface area (Å²) in [6.45, 7) is 0. The third-order valence-corrected chi connectivity index (χ3v) is 4.63. The second-order valence-corrected chi connectivity index (χ2v) is 6.44. The number of aromatic nitrogens is 1. The van der Waals surface area contributed by atoms with Gasteiger partial charge < -0.3 is 9.73 Å². The summed E-state index contributed by atoms with van der Waals surface area (Å²) in [6, 6.07) is 13.4. The van der Waals surface area contributed by atoms with E-state index in [1.54, 1.807) is 12.4 Å². The van der Waals surface area contributed by atoms with Gasteiger partial charge in [-0.25, -0.2) is 0 Å². The Balaban J connectivity index is 1.62. The highest BCUT2D eigenvalue weighted by molar-refractivity contribution is 5.80. The number of fused-ring (bicyclic) bond motifs is 1. The molecule has 126 valence electrons. The highest BCUT2D eigenvalue weighted by Crippen LogP contribution is 2.29. The SMILES string of the molecule is O=C(C[C@H]1C=CCC1)N[C@@H](c1ccncc1)c1cc2ccccc2o1. The molecule has 0 saturated heterocycles. The normalized spacial score (nSPS) is 17.7. The van der Waals surface area contributed by atoms with E-state index in [1.807, 2.05) is 42.5 Å². The standard InChI is InChI=1S/C21H20N2O2/c24-20(13-15-5-1-2-6-15)23-21(16-9-11-22-12-10-16)19-14-17-7-3-4-8-18(17)25-19/h1,3-5,7-12,14-15,21H,2,6,13H2,(H,23,24)/t15-,21-/m0/s1. The lowest BCUT2D eigenvalue weighted by Gasteiger charge is -2.18. The number of amides is 1. The average molecular weight is 332 g/mol. The van der Waals surface area contributed by atoms with Gasteiger partial charge in [0.15, 0.2) is 0 Å². The zero-order valence-corrected chi connectivity index (χ0v) is 13.9. The summed E-state index contributed by atoms with van der Waals surface area (Å²) in [5.41, 5.74) is 1.79. The molecular weight excluding hydrogens is 312 g/mol. The largest absolute Gasteiger partial charge is 0.459 e. The van der Waals surface area contributed by atoms with Crippen LogP contribution in [0.2, 0.25) is 0 Å². The van der Waals surface area contributed by atoms with Crippen LogP contribution in [0.25, 0.3) is 11.0 Å². The number of rotatable bonds is 5. The molecule has 0 bridgehead atoms. The quantitative estimate of drug-likeness (QED) is 0.705. The molecule has 1 aromatic carbocycles. The Hall–Kier alpha value is -2.88. The van der Waals surface area contributed by atoms with Crippen LogP contribution in [0.3, 0.4) is 0 Å². The number of furan rings is 1. The summed E-state index contributed by atoms with van der Waals surface area (Å²) in [4.78, 5) is 16.6. The van der Waals surface area contributed by atoms with Crippen molar-refractivity contribution in [2.45, 2.75) is 25.3 Å². The molecule has 1 aliphatic carbocycles. The van der Waals surface area contributed by atoms with E-state index in [0.717, 1.165) is 35.1 Å². The van der Waals surface area contributed by atoms with E-state index in [1.165, 1.54) is 0 Å². The Bertz CT molecular complexity index is 865. The van der Waals surface area contributed by atoms with Crippen molar-refractivity contribution in [3.63, 3.8) is 0 Å². The van der Waals surface area contributed by atoms with Gasteiger partial charge in [-0.05, 0) is 48.6 Å². The first-order chi connectivity index (χ1) is 12.3. The molecule has 0 spiro atoms. The third-order valence-electron chi connectivity index (χ3n) is 4.63. The molecule has 0 radical (unpaired) electrons. The number of nitrogens with zero attached hydrogens (tertiary/aromatic N) is 1. The predicted octanol–water partition coefficient (Wildman–Crippen LogP) is 4.39. The fraction of sp³-hybridized carbons (Fsp3) is 0.238. The van der Waals surface area contributed by atoms with Crippen LogP contribution in [-0.2, 0) is 4.79 Å². The van der Waals surface area contributed by atoms with Crippen molar-refractivity contribution in [1.29, 1.82) is 0 Å². The molecular formula is C21H20N2O2. The Labute approximate surface area is 146 Å². The van der Waals surface area contributed by atoms with Gasteiger partial charge in [0.25, 0.3) is 0 Å². The molecule has 2 heterocycles. The Kier molecular flexibility index (Phi) is 4.34. The van der Waals surface area contributed by atoms with Crippen LogP contribution < -0.4 is 5.32 Å². The lowest BCUT2D eigenvalue weighted by Crippen LogP contribution is -2.30. The maximum atomic E-state index is 12.6. The van der Waals surface area contributed by atoms with E-state index < -0.39 is 0 Å². The molecule has 4 nitrogen and oxygen atoms in total. The van der Waals surface area contributed by atoms with Gasteiger partial charge in [0.1, 0.15) is 17.4 Å². The molecule has 2 aromatic heterocycles. The van der Waals surface area contributed by atoms with E-state index >= 15 is 0 Å². The Morgan fingerprint density at radius 3 is 2.84 bits per heavy atom. The molecule has 4 heteroatoms. The molecule has 25 heavy (non-hydrogen) atoms. The minimum absolute atomic E-state index is 0.0406. The second kappa shape index (κ2) is 6.93. The predicted molar refractivity (Wildman–Crippen MR) is 96.9 cm³/mol. The minimum Gasteiger partial charge on any atom is -0.459 e. The van der Waals surface area contributed by atoms with Crippen molar-refractivity contribution in [1.82, 2.24) is 10.3 Å². The Morgan fingerprint density at radius 1 is 1.24 bits per heavy atom. The highest BCUT2D eigenvalue weighted by atomic mass is 16.3. The molecule has 0 unspecified atom stereocenters. The van der Waals surface area contributed by atoms with Gasteiger partial charge in [-0.15, -0.1) is 0 Å². The average Bonchev–Trinajstić information content (AvgIpc) is 3.29. The van der Waals surface area contributed by atoms with E-state index in [-0.39, 0.29) is 11.9 Å².